The van der Waals surface area contributed by atoms with Crippen LogP contribution in [0, 0.1) is 0 Å². The van der Waals surface area contributed by atoms with Gasteiger partial charge in [0.2, 0.25) is 5.91 Å². The number of aromatic nitrogens is 2. The molecule has 4 rings (SSSR count). The lowest BCUT2D eigenvalue weighted by Crippen LogP contribution is -2.27. The van der Waals surface area contributed by atoms with Crippen molar-refractivity contribution in [2.45, 2.75) is 43.4 Å². The minimum atomic E-state index is -4.64. The SMILES string of the molecule is CN(C)C(=O)CSc1nc2sc3c(c2c(=O)n1-c1ccccc1C(F)(F)F)CCCCC3. The van der Waals surface area contributed by atoms with E-state index < -0.39 is 17.3 Å². The van der Waals surface area contributed by atoms with Gasteiger partial charge in [0, 0.05) is 19.0 Å². The molecule has 10 heteroatoms. The van der Waals surface area contributed by atoms with Crippen LogP contribution in [0.1, 0.15) is 35.3 Å². The summed E-state index contributed by atoms with van der Waals surface area (Å²) in [6.07, 6.45) is -0.0651. The van der Waals surface area contributed by atoms with Crippen LogP contribution in [0.3, 0.4) is 0 Å². The normalized spacial score (nSPS) is 14.3. The molecule has 0 aliphatic heterocycles. The molecule has 3 aromatic rings. The van der Waals surface area contributed by atoms with Gasteiger partial charge in [-0.2, -0.15) is 13.2 Å². The third-order valence-corrected chi connectivity index (χ3v) is 7.59. The Morgan fingerprint density at radius 1 is 1.19 bits per heavy atom. The smallest absolute Gasteiger partial charge is 0.348 e. The van der Waals surface area contributed by atoms with E-state index >= 15 is 0 Å². The number of carbonyl (C=O) groups is 1. The molecule has 32 heavy (non-hydrogen) atoms. The van der Waals surface area contributed by atoms with Gasteiger partial charge in [-0.05, 0) is 43.4 Å². The highest BCUT2D eigenvalue weighted by Gasteiger charge is 2.35. The lowest BCUT2D eigenvalue weighted by molar-refractivity contribution is -0.137. The zero-order valence-electron chi connectivity index (χ0n) is 17.7. The largest absolute Gasteiger partial charge is 0.418 e. The first-order valence-corrected chi connectivity index (χ1v) is 12.1. The second-order valence-corrected chi connectivity index (χ2v) is 9.90. The van der Waals surface area contributed by atoms with E-state index in [1.807, 2.05) is 0 Å². The van der Waals surface area contributed by atoms with Gasteiger partial charge >= 0.3 is 6.18 Å². The number of nitrogens with zero attached hydrogens (tertiary/aromatic N) is 3. The highest BCUT2D eigenvalue weighted by Crippen LogP contribution is 2.37. The summed E-state index contributed by atoms with van der Waals surface area (Å²) < 4.78 is 42.4. The van der Waals surface area contributed by atoms with Gasteiger partial charge in [0.1, 0.15) is 4.83 Å². The molecule has 0 spiro atoms. The molecule has 0 saturated carbocycles. The van der Waals surface area contributed by atoms with Crippen LogP contribution in [-0.2, 0) is 23.8 Å². The lowest BCUT2D eigenvalue weighted by Gasteiger charge is -2.18. The molecular formula is C22H22F3N3O2S2. The van der Waals surface area contributed by atoms with Gasteiger partial charge in [0.05, 0.1) is 22.4 Å². The van der Waals surface area contributed by atoms with Gasteiger partial charge in [0.25, 0.3) is 5.56 Å². The van der Waals surface area contributed by atoms with Crippen LogP contribution >= 0.6 is 23.1 Å². The Kier molecular flexibility index (Phi) is 6.35. The Bertz CT molecular complexity index is 1230. The summed E-state index contributed by atoms with van der Waals surface area (Å²) in [7, 11) is 3.20. The molecule has 2 aromatic heterocycles. The third-order valence-electron chi connectivity index (χ3n) is 5.48. The second kappa shape index (κ2) is 8.90. The molecule has 0 bridgehead atoms. The third kappa shape index (κ3) is 4.30. The predicted molar refractivity (Wildman–Crippen MR) is 121 cm³/mol. The van der Waals surface area contributed by atoms with Crippen LogP contribution < -0.4 is 5.56 Å². The second-order valence-electron chi connectivity index (χ2n) is 7.87. The number of rotatable bonds is 4. The fraction of sp³-hybridized carbons (Fsp3) is 0.409. The fourth-order valence-corrected chi connectivity index (χ4v) is 6.12. The molecule has 0 N–H and O–H groups in total. The van der Waals surface area contributed by atoms with Crippen molar-refractivity contribution in [3.8, 4) is 5.69 Å². The Balaban J connectivity index is 1.98. The van der Waals surface area contributed by atoms with Crippen LogP contribution in [-0.4, -0.2) is 40.2 Å². The minimum absolute atomic E-state index is 0.0375. The van der Waals surface area contributed by atoms with E-state index in [2.05, 4.69) is 4.98 Å². The number of hydrogen-bond donors (Lipinski definition) is 0. The highest BCUT2D eigenvalue weighted by molar-refractivity contribution is 7.99. The average Bonchev–Trinajstić information content (AvgIpc) is 2.92. The van der Waals surface area contributed by atoms with Crippen molar-refractivity contribution in [3.05, 3.63) is 50.6 Å². The Morgan fingerprint density at radius 3 is 2.62 bits per heavy atom. The summed E-state index contributed by atoms with van der Waals surface area (Å²) in [5, 5.41) is 0.498. The molecule has 1 amide bonds. The first kappa shape index (κ1) is 22.8. The number of carbonyl (C=O) groups excluding carboxylic acids is 1. The van der Waals surface area contributed by atoms with Crippen LogP contribution in [0.2, 0.25) is 0 Å². The molecule has 0 radical (unpaired) electrons. The van der Waals surface area contributed by atoms with Crippen LogP contribution in [0.15, 0.2) is 34.2 Å². The molecule has 1 aliphatic carbocycles. The first-order chi connectivity index (χ1) is 15.2. The van der Waals surface area contributed by atoms with Crippen molar-refractivity contribution in [2.75, 3.05) is 19.8 Å². The number of fused-ring (bicyclic) bond motifs is 3. The van der Waals surface area contributed by atoms with Crippen molar-refractivity contribution in [3.63, 3.8) is 0 Å². The van der Waals surface area contributed by atoms with E-state index in [1.165, 1.54) is 34.4 Å². The number of benzene rings is 1. The number of thiophene rings is 1. The van der Waals surface area contributed by atoms with Crippen LogP contribution in [0.4, 0.5) is 13.2 Å². The Morgan fingerprint density at radius 2 is 1.91 bits per heavy atom. The van der Waals surface area contributed by atoms with Crippen molar-refractivity contribution in [2.24, 2.45) is 0 Å². The van der Waals surface area contributed by atoms with E-state index in [-0.39, 0.29) is 22.5 Å². The zero-order chi connectivity index (χ0) is 23.0. The van der Waals surface area contributed by atoms with Gasteiger partial charge in [-0.15, -0.1) is 11.3 Å². The molecule has 1 aliphatic rings. The summed E-state index contributed by atoms with van der Waals surface area (Å²) >= 11 is 2.42. The summed E-state index contributed by atoms with van der Waals surface area (Å²) in [6.45, 7) is 0. The molecule has 5 nitrogen and oxygen atoms in total. The summed E-state index contributed by atoms with van der Waals surface area (Å²) in [6, 6.07) is 5.00. The molecular weight excluding hydrogens is 459 g/mol. The number of aryl methyl sites for hydroxylation is 2. The molecule has 0 fully saturated rings. The Hall–Kier alpha value is -2.33. The maximum Gasteiger partial charge on any atom is 0.418 e. The number of para-hydroxylation sites is 1. The van der Waals surface area contributed by atoms with Crippen LogP contribution in [0.5, 0.6) is 0 Å². The van der Waals surface area contributed by atoms with E-state index in [4.69, 9.17) is 0 Å². The molecule has 2 heterocycles. The quantitative estimate of drug-likeness (QED) is 0.302. The van der Waals surface area contributed by atoms with Crippen molar-refractivity contribution < 1.29 is 18.0 Å². The molecule has 0 atom stereocenters. The number of thioether (sulfide) groups is 1. The van der Waals surface area contributed by atoms with Crippen molar-refractivity contribution in [1.29, 1.82) is 0 Å². The number of halogens is 3. The maximum absolute atomic E-state index is 13.8. The van der Waals surface area contributed by atoms with Gasteiger partial charge in [-0.1, -0.05) is 30.3 Å². The van der Waals surface area contributed by atoms with E-state index in [1.54, 1.807) is 14.1 Å². The van der Waals surface area contributed by atoms with Crippen molar-refractivity contribution >= 4 is 39.2 Å². The summed E-state index contributed by atoms with van der Waals surface area (Å²) in [4.78, 5) is 33.5. The molecule has 1 aromatic carbocycles. The number of amides is 1. The van der Waals surface area contributed by atoms with E-state index in [9.17, 15) is 22.8 Å². The number of hydrogen-bond acceptors (Lipinski definition) is 5. The number of alkyl halides is 3. The van der Waals surface area contributed by atoms with Crippen LogP contribution in [0.25, 0.3) is 15.9 Å². The summed E-state index contributed by atoms with van der Waals surface area (Å²) in [5.41, 5.74) is -0.775. The monoisotopic (exact) mass is 481 g/mol. The van der Waals surface area contributed by atoms with Gasteiger partial charge in [0.15, 0.2) is 5.16 Å². The Labute approximate surface area is 191 Å². The molecule has 0 saturated heterocycles. The average molecular weight is 482 g/mol. The standard InChI is InChI=1S/C22H22F3N3O2S2/c1-27(2)17(29)12-31-21-26-19-18(13-8-4-3-5-11-16(13)32-19)20(30)28(21)15-10-7-6-9-14(15)22(23,24)25/h6-7,9-10H,3-5,8,11-12H2,1-2H3. The maximum atomic E-state index is 13.8. The topological polar surface area (TPSA) is 55.2 Å². The first-order valence-electron chi connectivity index (χ1n) is 10.3. The summed E-state index contributed by atoms with van der Waals surface area (Å²) in [5.74, 6) is -0.258. The minimum Gasteiger partial charge on any atom is -0.348 e. The zero-order valence-corrected chi connectivity index (χ0v) is 19.3. The highest BCUT2D eigenvalue weighted by atomic mass is 32.2. The molecule has 0 unspecified atom stereocenters. The predicted octanol–water partition coefficient (Wildman–Crippen LogP) is 4.92. The fourth-order valence-electron chi connectivity index (χ4n) is 3.84. The van der Waals surface area contributed by atoms with Crippen molar-refractivity contribution in [1.82, 2.24) is 14.5 Å². The van der Waals surface area contributed by atoms with E-state index in [0.29, 0.717) is 10.2 Å². The van der Waals surface area contributed by atoms with E-state index in [0.717, 1.165) is 64.9 Å². The van der Waals surface area contributed by atoms with Gasteiger partial charge < -0.3 is 4.90 Å². The lowest BCUT2D eigenvalue weighted by atomic mass is 10.1. The van der Waals surface area contributed by atoms with Gasteiger partial charge in [-0.3, -0.25) is 14.2 Å². The van der Waals surface area contributed by atoms with Gasteiger partial charge in [-0.25, -0.2) is 4.98 Å². The molecule has 170 valence electrons.